The van der Waals surface area contributed by atoms with Crippen LogP contribution in [0.15, 0.2) is 65.7 Å². The molecular formula is C25H22FN3O3. The fourth-order valence-electron chi connectivity index (χ4n) is 4.04. The van der Waals surface area contributed by atoms with Gasteiger partial charge in [-0.25, -0.2) is 4.39 Å². The molecule has 1 unspecified atom stereocenters. The van der Waals surface area contributed by atoms with E-state index in [1.807, 2.05) is 56.6 Å². The van der Waals surface area contributed by atoms with E-state index in [0.717, 1.165) is 23.4 Å². The number of aliphatic imine (C=N–C) groups is 1. The van der Waals surface area contributed by atoms with Crippen molar-refractivity contribution in [2.75, 3.05) is 26.2 Å². The maximum absolute atomic E-state index is 13.7. The van der Waals surface area contributed by atoms with Crippen LogP contribution < -0.4 is 14.8 Å². The van der Waals surface area contributed by atoms with Crippen LogP contribution in [-0.2, 0) is 11.3 Å². The summed E-state index contributed by atoms with van der Waals surface area (Å²) in [7, 11) is 4.03. The molecule has 0 aromatic heterocycles. The van der Waals surface area contributed by atoms with Gasteiger partial charge in [0.2, 0.25) is 12.7 Å². The van der Waals surface area contributed by atoms with Gasteiger partial charge in [0.1, 0.15) is 11.7 Å². The molecule has 2 aliphatic heterocycles. The standard InChI is InChI=1S/C25H22FN3O3/c1-29(2)13-15-3-7-18(8-4-15)27-24(16-5-10-21-22(11-16)32-14-31-21)23-19-9-6-17(26)12-20(19)28-25(23)30/h3-12,23H,13-14H2,1-2H3,(H,28,30). The summed E-state index contributed by atoms with van der Waals surface area (Å²) in [5.41, 5.74) is 4.35. The number of rotatable bonds is 5. The Balaban J connectivity index is 1.60. The minimum Gasteiger partial charge on any atom is -0.454 e. The van der Waals surface area contributed by atoms with Gasteiger partial charge in [-0.1, -0.05) is 18.2 Å². The second-order valence-corrected chi connectivity index (χ2v) is 8.12. The summed E-state index contributed by atoms with van der Waals surface area (Å²) in [4.78, 5) is 20.0. The minimum absolute atomic E-state index is 0.157. The van der Waals surface area contributed by atoms with Crippen LogP contribution in [0, 0.1) is 5.82 Å². The molecule has 0 saturated heterocycles. The summed E-state index contributed by atoms with van der Waals surface area (Å²) >= 11 is 0. The molecule has 7 heteroatoms. The fraction of sp³-hybridized carbons (Fsp3) is 0.200. The molecule has 6 nitrogen and oxygen atoms in total. The Morgan fingerprint density at radius 2 is 1.84 bits per heavy atom. The molecule has 5 rings (SSSR count). The lowest BCUT2D eigenvalue weighted by molar-refractivity contribution is -0.115. The van der Waals surface area contributed by atoms with Gasteiger partial charge in [0, 0.05) is 17.8 Å². The van der Waals surface area contributed by atoms with Gasteiger partial charge >= 0.3 is 0 Å². The molecule has 0 aliphatic carbocycles. The van der Waals surface area contributed by atoms with Gasteiger partial charge in [0.15, 0.2) is 11.5 Å². The first-order valence-electron chi connectivity index (χ1n) is 10.3. The van der Waals surface area contributed by atoms with Gasteiger partial charge in [-0.2, -0.15) is 0 Å². The number of ether oxygens (including phenoxy) is 2. The highest BCUT2D eigenvalue weighted by Gasteiger charge is 2.36. The average Bonchev–Trinajstić information content (AvgIpc) is 3.35. The zero-order chi connectivity index (χ0) is 22.2. The van der Waals surface area contributed by atoms with Crippen LogP contribution in [0.4, 0.5) is 15.8 Å². The SMILES string of the molecule is CN(C)Cc1ccc(N=C(c2ccc3c(c2)OCO3)C2C(=O)Nc3cc(F)ccc32)cc1. The number of hydrogen-bond donors (Lipinski definition) is 1. The first kappa shape index (κ1) is 20.2. The molecule has 1 atom stereocenters. The van der Waals surface area contributed by atoms with Crippen molar-refractivity contribution in [1.29, 1.82) is 0 Å². The lowest BCUT2D eigenvalue weighted by atomic mass is 9.90. The number of fused-ring (bicyclic) bond motifs is 2. The highest BCUT2D eigenvalue weighted by atomic mass is 19.1. The number of halogens is 1. The van der Waals surface area contributed by atoms with Crippen LogP contribution in [0.1, 0.15) is 22.6 Å². The van der Waals surface area contributed by atoms with E-state index < -0.39 is 11.7 Å². The maximum atomic E-state index is 13.7. The summed E-state index contributed by atoms with van der Waals surface area (Å²) in [5, 5.41) is 2.79. The number of hydrogen-bond acceptors (Lipinski definition) is 5. The molecular weight excluding hydrogens is 409 g/mol. The quantitative estimate of drug-likeness (QED) is 0.606. The van der Waals surface area contributed by atoms with E-state index in [1.54, 1.807) is 6.07 Å². The van der Waals surface area contributed by atoms with Crippen molar-refractivity contribution in [3.63, 3.8) is 0 Å². The zero-order valence-electron chi connectivity index (χ0n) is 17.8. The monoisotopic (exact) mass is 431 g/mol. The topological polar surface area (TPSA) is 63.2 Å². The van der Waals surface area contributed by atoms with Crippen molar-refractivity contribution in [3.05, 3.63) is 83.2 Å². The first-order valence-corrected chi connectivity index (χ1v) is 10.3. The normalized spacial score (nSPS) is 16.9. The van der Waals surface area contributed by atoms with Crippen molar-refractivity contribution in [3.8, 4) is 11.5 Å². The number of anilines is 1. The molecule has 3 aromatic rings. The first-order chi connectivity index (χ1) is 15.5. The fourth-order valence-corrected chi connectivity index (χ4v) is 4.04. The van der Waals surface area contributed by atoms with E-state index in [4.69, 9.17) is 14.5 Å². The summed E-state index contributed by atoms with van der Waals surface area (Å²) in [6.07, 6.45) is 0. The van der Waals surface area contributed by atoms with Gasteiger partial charge < -0.3 is 19.7 Å². The summed E-state index contributed by atoms with van der Waals surface area (Å²) in [5.74, 6) is -0.0600. The van der Waals surface area contributed by atoms with Crippen LogP contribution in [0.3, 0.4) is 0 Å². The highest BCUT2D eigenvalue weighted by molar-refractivity contribution is 6.24. The number of nitrogens with zero attached hydrogens (tertiary/aromatic N) is 2. The molecule has 0 fully saturated rings. The Morgan fingerprint density at radius 1 is 1.06 bits per heavy atom. The molecule has 0 spiro atoms. The Bertz CT molecular complexity index is 1220. The molecule has 0 radical (unpaired) electrons. The van der Waals surface area contributed by atoms with Gasteiger partial charge in [0.05, 0.1) is 11.4 Å². The Morgan fingerprint density at radius 3 is 2.62 bits per heavy atom. The molecule has 0 saturated carbocycles. The molecule has 32 heavy (non-hydrogen) atoms. The highest BCUT2D eigenvalue weighted by Crippen LogP contribution is 2.39. The second-order valence-electron chi connectivity index (χ2n) is 8.12. The largest absolute Gasteiger partial charge is 0.454 e. The predicted octanol–water partition coefficient (Wildman–Crippen LogP) is 4.47. The van der Waals surface area contributed by atoms with Crippen molar-refractivity contribution < 1.29 is 18.7 Å². The van der Waals surface area contributed by atoms with Crippen LogP contribution in [0.2, 0.25) is 0 Å². The van der Waals surface area contributed by atoms with E-state index in [2.05, 4.69) is 10.2 Å². The third-order valence-corrected chi connectivity index (χ3v) is 5.47. The minimum atomic E-state index is -0.674. The number of carbonyl (C=O) groups is 1. The molecule has 2 aliphatic rings. The summed E-state index contributed by atoms with van der Waals surface area (Å²) < 4.78 is 24.7. The van der Waals surface area contributed by atoms with Crippen molar-refractivity contribution in [2.24, 2.45) is 4.99 Å². The number of amides is 1. The van der Waals surface area contributed by atoms with E-state index >= 15 is 0 Å². The van der Waals surface area contributed by atoms with Crippen LogP contribution >= 0.6 is 0 Å². The third kappa shape index (κ3) is 3.83. The number of nitrogens with one attached hydrogen (secondary N) is 1. The molecule has 3 aromatic carbocycles. The number of carbonyl (C=O) groups excluding carboxylic acids is 1. The molecule has 1 amide bonds. The Hall–Kier alpha value is -3.71. The maximum Gasteiger partial charge on any atom is 0.238 e. The van der Waals surface area contributed by atoms with Gasteiger partial charge in [-0.05, 0) is 67.7 Å². The van der Waals surface area contributed by atoms with E-state index in [-0.39, 0.29) is 12.7 Å². The van der Waals surface area contributed by atoms with Gasteiger partial charge in [-0.15, -0.1) is 0 Å². The van der Waals surface area contributed by atoms with E-state index in [0.29, 0.717) is 28.5 Å². The number of benzene rings is 3. The van der Waals surface area contributed by atoms with Crippen LogP contribution in [0.5, 0.6) is 11.5 Å². The Kier molecular flexibility index (Phi) is 5.11. The zero-order valence-corrected chi connectivity index (χ0v) is 17.8. The van der Waals surface area contributed by atoms with Crippen molar-refractivity contribution in [2.45, 2.75) is 12.5 Å². The Labute approximate surface area is 185 Å². The lowest BCUT2D eigenvalue weighted by Crippen LogP contribution is -2.22. The molecule has 0 bridgehead atoms. The summed E-state index contributed by atoms with van der Waals surface area (Å²) in [6, 6.07) is 17.7. The van der Waals surface area contributed by atoms with Gasteiger partial charge in [-0.3, -0.25) is 9.79 Å². The summed E-state index contributed by atoms with van der Waals surface area (Å²) in [6.45, 7) is 0.980. The lowest BCUT2D eigenvalue weighted by Gasteiger charge is -2.15. The van der Waals surface area contributed by atoms with Crippen LogP contribution in [0.25, 0.3) is 0 Å². The van der Waals surface area contributed by atoms with Crippen molar-refractivity contribution in [1.82, 2.24) is 4.90 Å². The second kappa shape index (κ2) is 8.09. The average molecular weight is 431 g/mol. The van der Waals surface area contributed by atoms with Crippen molar-refractivity contribution >= 4 is 23.0 Å². The van der Waals surface area contributed by atoms with Gasteiger partial charge in [0.25, 0.3) is 0 Å². The molecule has 2 heterocycles. The van der Waals surface area contributed by atoms with E-state index in [1.165, 1.54) is 12.1 Å². The molecule has 1 N–H and O–H groups in total. The smallest absolute Gasteiger partial charge is 0.238 e. The predicted molar refractivity (Wildman–Crippen MR) is 120 cm³/mol. The van der Waals surface area contributed by atoms with E-state index in [9.17, 15) is 9.18 Å². The molecule has 162 valence electrons. The third-order valence-electron chi connectivity index (χ3n) is 5.47. The van der Waals surface area contributed by atoms with Crippen LogP contribution in [-0.4, -0.2) is 37.4 Å².